The van der Waals surface area contributed by atoms with Gasteiger partial charge in [0.25, 0.3) is 0 Å². The van der Waals surface area contributed by atoms with Crippen LogP contribution in [0.5, 0.6) is 0 Å². The maximum Gasteiger partial charge on any atom is 0.340 e. The van der Waals surface area contributed by atoms with Crippen LogP contribution in [-0.2, 0) is 10.4 Å². The molecule has 2 rings (SSSR count). The van der Waals surface area contributed by atoms with Gasteiger partial charge < -0.3 is 10.2 Å². The summed E-state index contributed by atoms with van der Waals surface area (Å²) in [7, 11) is 0. The van der Waals surface area contributed by atoms with E-state index in [1.165, 1.54) is 30.0 Å². The number of halogens is 1. The Hall–Kier alpha value is -1.07. The van der Waals surface area contributed by atoms with Gasteiger partial charge in [0, 0.05) is 22.6 Å². The van der Waals surface area contributed by atoms with Crippen LogP contribution in [0.3, 0.4) is 0 Å². The first-order valence-electron chi connectivity index (χ1n) is 4.43. The fourth-order valence-electron chi connectivity index (χ4n) is 1.64. The van der Waals surface area contributed by atoms with E-state index in [0.29, 0.717) is 5.75 Å². The molecule has 0 radical (unpaired) electrons. The van der Waals surface area contributed by atoms with Gasteiger partial charge in [-0.2, -0.15) is 0 Å². The molecule has 2 N–H and O–H groups in total. The van der Waals surface area contributed by atoms with Crippen LogP contribution in [-0.4, -0.2) is 21.9 Å². The molecule has 5 heteroatoms. The quantitative estimate of drug-likeness (QED) is 0.766. The Morgan fingerprint density at radius 3 is 2.93 bits per heavy atom. The highest BCUT2D eigenvalue weighted by atomic mass is 32.2. The summed E-state index contributed by atoms with van der Waals surface area (Å²) in [5, 5.41) is 18.9. The summed E-state index contributed by atoms with van der Waals surface area (Å²) in [6.07, 6.45) is 0.101. The maximum absolute atomic E-state index is 13.4. The smallest absolute Gasteiger partial charge is 0.340 e. The van der Waals surface area contributed by atoms with Crippen molar-refractivity contribution in [2.24, 2.45) is 0 Å². The van der Waals surface area contributed by atoms with E-state index in [1.807, 2.05) is 0 Å². The van der Waals surface area contributed by atoms with E-state index in [0.717, 1.165) is 0 Å². The van der Waals surface area contributed by atoms with Crippen molar-refractivity contribution in [1.29, 1.82) is 0 Å². The zero-order valence-electron chi connectivity index (χ0n) is 7.74. The molecule has 0 bridgehead atoms. The van der Waals surface area contributed by atoms with Crippen molar-refractivity contribution < 1.29 is 19.4 Å². The van der Waals surface area contributed by atoms with Crippen LogP contribution in [0.2, 0.25) is 0 Å². The number of fused-ring (bicyclic) bond motifs is 1. The molecule has 1 aliphatic rings. The minimum absolute atomic E-state index is 0.101. The predicted molar refractivity (Wildman–Crippen MR) is 53.3 cm³/mol. The molecular formula is C10H9FO3S. The number of carboxylic acid groups (broad SMARTS) is 1. The molecule has 1 heterocycles. The van der Waals surface area contributed by atoms with Gasteiger partial charge in [0.15, 0.2) is 5.60 Å². The predicted octanol–water partition coefficient (Wildman–Crippen LogP) is 1.59. The van der Waals surface area contributed by atoms with E-state index < -0.39 is 17.4 Å². The Balaban J connectivity index is 2.61. The molecule has 0 spiro atoms. The molecule has 1 unspecified atom stereocenters. The zero-order valence-corrected chi connectivity index (χ0v) is 8.55. The Labute approximate surface area is 89.9 Å². The van der Waals surface area contributed by atoms with Gasteiger partial charge in [-0.15, -0.1) is 11.8 Å². The first-order valence-corrected chi connectivity index (χ1v) is 5.42. The highest BCUT2D eigenvalue weighted by Gasteiger charge is 2.42. The van der Waals surface area contributed by atoms with Gasteiger partial charge in [-0.25, -0.2) is 9.18 Å². The summed E-state index contributed by atoms with van der Waals surface area (Å²) in [6.45, 7) is 0. The van der Waals surface area contributed by atoms with E-state index in [-0.39, 0.29) is 16.9 Å². The molecule has 3 nitrogen and oxygen atoms in total. The molecule has 15 heavy (non-hydrogen) atoms. The molecule has 0 aromatic heterocycles. The second kappa shape index (κ2) is 3.50. The average molecular weight is 228 g/mol. The molecule has 0 saturated heterocycles. The SMILES string of the molecule is O=C(O)C1(O)CCSc2c(F)cccc21. The van der Waals surface area contributed by atoms with Crippen LogP contribution in [0.1, 0.15) is 12.0 Å². The van der Waals surface area contributed by atoms with E-state index in [2.05, 4.69) is 0 Å². The van der Waals surface area contributed by atoms with Crippen LogP contribution in [0, 0.1) is 5.82 Å². The lowest BCUT2D eigenvalue weighted by molar-refractivity contribution is -0.160. The van der Waals surface area contributed by atoms with Crippen molar-refractivity contribution in [3.05, 3.63) is 29.6 Å². The standard InChI is InChI=1S/C10H9FO3S/c11-7-3-1-2-6-8(7)15-5-4-10(6,14)9(12)13/h1-3,14H,4-5H2,(H,12,13). The van der Waals surface area contributed by atoms with E-state index in [4.69, 9.17) is 5.11 Å². The number of thioether (sulfide) groups is 1. The van der Waals surface area contributed by atoms with Gasteiger partial charge in [0.2, 0.25) is 0 Å². The number of aliphatic carboxylic acids is 1. The van der Waals surface area contributed by atoms with Crippen molar-refractivity contribution in [1.82, 2.24) is 0 Å². The lowest BCUT2D eigenvalue weighted by atomic mass is 9.90. The van der Waals surface area contributed by atoms with Crippen LogP contribution in [0.25, 0.3) is 0 Å². The Kier molecular flexibility index (Phi) is 2.44. The van der Waals surface area contributed by atoms with Crippen molar-refractivity contribution in [2.45, 2.75) is 16.9 Å². The Bertz CT molecular complexity index is 421. The molecule has 1 aliphatic heterocycles. The molecule has 1 aromatic rings. The minimum atomic E-state index is -1.94. The summed E-state index contributed by atoms with van der Waals surface area (Å²) in [5.41, 5.74) is -1.78. The third-order valence-corrected chi connectivity index (χ3v) is 3.59. The lowest BCUT2D eigenvalue weighted by Gasteiger charge is -2.30. The molecule has 1 aromatic carbocycles. The van der Waals surface area contributed by atoms with Gasteiger partial charge in [0.1, 0.15) is 5.82 Å². The molecule has 80 valence electrons. The topological polar surface area (TPSA) is 57.5 Å². The maximum atomic E-state index is 13.4. The van der Waals surface area contributed by atoms with Crippen molar-refractivity contribution >= 4 is 17.7 Å². The summed E-state index contributed by atoms with van der Waals surface area (Å²) < 4.78 is 13.4. The highest BCUT2D eigenvalue weighted by molar-refractivity contribution is 7.99. The third kappa shape index (κ3) is 1.52. The first-order chi connectivity index (χ1) is 7.05. The Morgan fingerprint density at radius 2 is 2.27 bits per heavy atom. The summed E-state index contributed by atoms with van der Waals surface area (Å²) in [6, 6.07) is 4.13. The van der Waals surface area contributed by atoms with Crippen LogP contribution in [0.4, 0.5) is 4.39 Å². The summed E-state index contributed by atoms with van der Waals surface area (Å²) in [5.74, 6) is -1.40. The molecular weight excluding hydrogens is 219 g/mol. The van der Waals surface area contributed by atoms with Crippen LogP contribution in [0.15, 0.2) is 23.1 Å². The zero-order chi connectivity index (χ0) is 11.1. The van der Waals surface area contributed by atoms with Gasteiger partial charge in [-0.3, -0.25) is 0 Å². The number of aliphatic hydroxyl groups is 1. The van der Waals surface area contributed by atoms with E-state index in [9.17, 15) is 14.3 Å². The average Bonchev–Trinajstić information content (AvgIpc) is 2.20. The highest BCUT2D eigenvalue weighted by Crippen LogP contribution is 2.41. The number of benzene rings is 1. The van der Waals surface area contributed by atoms with Crippen molar-refractivity contribution in [3.63, 3.8) is 0 Å². The van der Waals surface area contributed by atoms with E-state index >= 15 is 0 Å². The van der Waals surface area contributed by atoms with Crippen LogP contribution >= 0.6 is 11.8 Å². The monoisotopic (exact) mass is 228 g/mol. The summed E-state index contributed by atoms with van der Waals surface area (Å²) in [4.78, 5) is 11.2. The number of carboxylic acids is 1. The lowest BCUT2D eigenvalue weighted by Crippen LogP contribution is -2.38. The number of carbonyl (C=O) groups is 1. The van der Waals surface area contributed by atoms with Gasteiger partial charge in [0.05, 0.1) is 0 Å². The third-order valence-electron chi connectivity index (χ3n) is 2.48. The largest absolute Gasteiger partial charge is 0.479 e. The van der Waals surface area contributed by atoms with E-state index in [1.54, 1.807) is 0 Å². The second-order valence-electron chi connectivity index (χ2n) is 3.38. The fraction of sp³-hybridized carbons (Fsp3) is 0.300. The fourth-order valence-corrected chi connectivity index (χ4v) is 2.84. The van der Waals surface area contributed by atoms with Gasteiger partial charge in [-0.1, -0.05) is 12.1 Å². The van der Waals surface area contributed by atoms with Crippen LogP contribution < -0.4 is 0 Å². The first kappa shape index (κ1) is 10.4. The number of hydrogen-bond acceptors (Lipinski definition) is 3. The molecule has 0 saturated carbocycles. The molecule has 0 aliphatic carbocycles. The molecule has 0 fully saturated rings. The molecule has 1 atom stereocenters. The molecule has 0 amide bonds. The van der Waals surface area contributed by atoms with Crippen molar-refractivity contribution in [2.75, 3.05) is 5.75 Å². The summed E-state index contributed by atoms with van der Waals surface area (Å²) >= 11 is 1.24. The minimum Gasteiger partial charge on any atom is -0.479 e. The number of rotatable bonds is 1. The number of hydrogen-bond donors (Lipinski definition) is 2. The van der Waals surface area contributed by atoms with Gasteiger partial charge in [-0.05, 0) is 6.07 Å². The Morgan fingerprint density at radius 1 is 1.53 bits per heavy atom. The second-order valence-corrected chi connectivity index (χ2v) is 4.49. The van der Waals surface area contributed by atoms with Crippen molar-refractivity contribution in [3.8, 4) is 0 Å². The normalized spacial score (nSPS) is 24.7. The van der Waals surface area contributed by atoms with Gasteiger partial charge >= 0.3 is 5.97 Å².